The molecular formula is C19H25N3O2S. The lowest BCUT2D eigenvalue weighted by Gasteiger charge is -2.35. The van der Waals surface area contributed by atoms with Crippen molar-refractivity contribution in [1.82, 2.24) is 4.31 Å². The van der Waals surface area contributed by atoms with Gasteiger partial charge in [0.1, 0.15) is 0 Å². The SMILES string of the molecule is Cc1cccc(N(Cc2ccccc2)S(=O)(=O)N2CCC(N)CC2)c1. The summed E-state index contributed by atoms with van der Waals surface area (Å²) in [6.07, 6.45) is 1.40. The van der Waals surface area contributed by atoms with Gasteiger partial charge in [-0.25, -0.2) is 0 Å². The average Bonchev–Trinajstić information content (AvgIpc) is 2.61. The van der Waals surface area contributed by atoms with Crippen LogP contribution in [-0.4, -0.2) is 31.9 Å². The zero-order valence-electron chi connectivity index (χ0n) is 14.5. The predicted octanol–water partition coefficient (Wildman–Crippen LogP) is 2.67. The molecule has 1 aliphatic rings. The van der Waals surface area contributed by atoms with Crippen LogP contribution in [0.15, 0.2) is 54.6 Å². The van der Waals surface area contributed by atoms with Crippen LogP contribution in [0.25, 0.3) is 0 Å². The molecule has 1 aliphatic heterocycles. The van der Waals surface area contributed by atoms with Crippen LogP contribution in [-0.2, 0) is 16.8 Å². The van der Waals surface area contributed by atoms with Crippen molar-refractivity contribution in [2.24, 2.45) is 5.73 Å². The maximum Gasteiger partial charge on any atom is 0.304 e. The van der Waals surface area contributed by atoms with Crippen LogP contribution in [0.3, 0.4) is 0 Å². The second-order valence-corrected chi connectivity index (χ2v) is 8.43. The molecule has 3 rings (SSSR count). The van der Waals surface area contributed by atoms with E-state index in [4.69, 9.17) is 5.73 Å². The second kappa shape index (κ2) is 7.56. The number of aryl methyl sites for hydroxylation is 1. The first-order valence-corrected chi connectivity index (χ1v) is 10.0. The van der Waals surface area contributed by atoms with Gasteiger partial charge in [0.05, 0.1) is 12.2 Å². The van der Waals surface area contributed by atoms with Crippen molar-refractivity contribution in [2.45, 2.75) is 32.4 Å². The molecular weight excluding hydrogens is 334 g/mol. The van der Waals surface area contributed by atoms with Crippen molar-refractivity contribution in [2.75, 3.05) is 17.4 Å². The van der Waals surface area contributed by atoms with E-state index in [0.717, 1.165) is 11.1 Å². The standard InChI is InChI=1S/C19H25N3O2S/c1-16-6-5-9-19(14-16)22(15-17-7-3-2-4-8-17)25(23,24)21-12-10-18(20)11-13-21/h2-9,14,18H,10-13,15,20H2,1H3. The summed E-state index contributed by atoms with van der Waals surface area (Å²) < 4.78 is 29.7. The van der Waals surface area contributed by atoms with E-state index in [1.807, 2.05) is 61.5 Å². The van der Waals surface area contributed by atoms with Crippen LogP contribution in [0.4, 0.5) is 5.69 Å². The van der Waals surface area contributed by atoms with Gasteiger partial charge < -0.3 is 5.73 Å². The number of nitrogens with zero attached hydrogens (tertiary/aromatic N) is 2. The Kier molecular flexibility index (Phi) is 5.42. The van der Waals surface area contributed by atoms with Crippen molar-refractivity contribution < 1.29 is 8.42 Å². The molecule has 0 aliphatic carbocycles. The quantitative estimate of drug-likeness (QED) is 0.892. The Hall–Kier alpha value is -1.89. The van der Waals surface area contributed by atoms with E-state index in [9.17, 15) is 8.42 Å². The third kappa shape index (κ3) is 4.21. The topological polar surface area (TPSA) is 66.6 Å². The Morgan fingerprint density at radius 2 is 1.76 bits per heavy atom. The molecule has 0 bridgehead atoms. The van der Waals surface area contributed by atoms with Crippen LogP contribution >= 0.6 is 0 Å². The fourth-order valence-corrected chi connectivity index (χ4v) is 4.73. The van der Waals surface area contributed by atoms with Crippen molar-refractivity contribution in [3.05, 3.63) is 65.7 Å². The molecule has 25 heavy (non-hydrogen) atoms. The third-order valence-electron chi connectivity index (χ3n) is 4.56. The zero-order chi connectivity index (χ0) is 17.9. The molecule has 1 saturated heterocycles. The first kappa shape index (κ1) is 17.9. The monoisotopic (exact) mass is 359 g/mol. The van der Waals surface area contributed by atoms with Gasteiger partial charge in [0.25, 0.3) is 0 Å². The molecule has 2 aromatic carbocycles. The minimum atomic E-state index is -3.60. The van der Waals surface area contributed by atoms with E-state index in [2.05, 4.69) is 0 Å². The Labute approximate surface area is 150 Å². The zero-order valence-corrected chi connectivity index (χ0v) is 15.3. The van der Waals surface area contributed by atoms with E-state index in [-0.39, 0.29) is 6.04 Å². The summed E-state index contributed by atoms with van der Waals surface area (Å²) in [5.74, 6) is 0. The lowest BCUT2D eigenvalue weighted by atomic mass is 10.1. The number of piperidine rings is 1. The maximum absolute atomic E-state index is 13.3. The highest BCUT2D eigenvalue weighted by molar-refractivity contribution is 7.90. The molecule has 1 fully saturated rings. The van der Waals surface area contributed by atoms with Crippen LogP contribution in [0, 0.1) is 6.92 Å². The van der Waals surface area contributed by atoms with Gasteiger partial charge >= 0.3 is 10.2 Å². The summed E-state index contributed by atoms with van der Waals surface area (Å²) >= 11 is 0. The summed E-state index contributed by atoms with van der Waals surface area (Å²) in [5, 5.41) is 0. The van der Waals surface area contributed by atoms with E-state index < -0.39 is 10.2 Å². The maximum atomic E-state index is 13.3. The predicted molar refractivity (Wildman–Crippen MR) is 102 cm³/mol. The Morgan fingerprint density at radius 1 is 1.08 bits per heavy atom. The molecule has 6 heteroatoms. The molecule has 0 spiro atoms. The van der Waals surface area contributed by atoms with E-state index in [1.165, 1.54) is 4.31 Å². The molecule has 5 nitrogen and oxygen atoms in total. The highest BCUT2D eigenvalue weighted by Gasteiger charge is 2.32. The summed E-state index contributed by atoms with van der Waals surface area (Å²) in [6.45, 7) is 3.23. The van der Waals surface area contributed by atoms with Crippen LogP contribution in [0.2, 0.25) is 0 Å². The first-order valence-electron chi connectivity index (χ1n) is 8.61. The van der Waals surface area contributed by atoms with Crippen LogP contribution in [0.1, 0.15) is 24.0 Å². The molecule has 0 radical (unpaired) electrons. The van der Waals surface area contributed by atoms with Gasteiger partial charge in [-0.05, 0) is 43.0 Å². The summed E-state index contributed by atoms with van der Waals surface area (Å²) in [5.41, 5.74) is 8.62. The lowest BCUT2D eigenvalue weighted by Crippen LogP contribution is -2.49. The van der Waals surface area contributed by atoms with Gasteiger partial charge in [-0.2, -0.15) is 12.7 Å². The van der Waals surface area contributed by atoms with E-state index in [1.54, 1.807) is 4.31 Å². The van der Waals surface area contributed by atoms with Crippen molar-refractivity contribution in [3.63, 3.8) is 0 Å². The van der Waals surface area contributed by atoms with Gasteiger partial charge in [-0.1, -0.05) is 42.5 Å². The van der Waals surface area contributed by atoms with Crippen molar-refractivity contribution >= 4 is 15.9 Å². The van der Waals surface area contributed by atoms with Gasteiger partial charge in [0.15, 0.2) is 0 Å². The third-order valence-corrected chi connectivity index (χ3v) is 6.48. The molecule has 0 unspecified atom stereocenters. The molecule has 0 aromatic heterocycles. The van der Waals surface area contributed by atoms with Gasteiger partial charge in [-0.3, -0.25) is 4.31 Å². The molecule has 0 saturated carbocycles. The number of nitrogens with two attached hydrogens (primary N) is 1. The van der Waals surface area contributed by atoms with Crippen LogP contribution < -0.4 is 10.0 Å². The molecule has 134 valence electrons. The normalized spacial score (nSPS) is 16.7. The van der Waals surface area contributed by atoms with Gasteiger partial charge in [-0.15, -0.1) is 0 Å². The molecule has 2 aromatic rings. The minimum Gasteiger partial charge on any atom is -0.328 e. The number of hydrogen-bond acceptors (Lipinski definition) is 3. The Balaban J connectivity index is 1.95. The highest BCUT2D eigenvalue weighted by Crippen LogP contribution is 2.26. The van der Waals surface area contributed by atoms with Crippen molar-refractivity contribution in [3.8, 4) is 0 Å². The largest absolute Gasteiger partial charge is 0.328 e. The number of hydrogen-bond donors (Lipinski definition) is 1. The smallest absolute Gasteiger partial charge is 0.304 e. The summed E-state index contributed by atoms with van der Waals surface area (Å²) in [6, 6.07) is 17.4. The molecule has 1 heterocycles. The van der Waals surface area contributed by atoms with E-state index in [0.29, 0.717) is 38.2 Å². The average molecular weight is 359 g/mol. The minimum absolute atomic E-state index is 0.0907. The summed E-state index contributed by atoms with van der Waals surface area (Å²) in [7, 11) is -3.60. The van der Waals surface area contributed by atoms with Gasteiger partial charge in [0, 0.05) is 19.1 Å². The first-order chi connectivity index (χ1) is 12.0. The number of rotatable bonds is 5. The fraction of sp³-hybridized carbons (Fsp3) is 0.368. The fourth-order valence-electron chi connectivity index (χ4n) is 3.08. The highest BCUT2D eigenvalue weighted by atomic mass is 32.2. The molecule has 0 amide bonds. The lowest BCUT2D eigenvalue weighted by molar-refractivity contribution is 0.319. The Bertz CT molecular complexity index is 800. The second-order valence-electron chi connectivity index (χ2n) is 6.58. The van der Waals surface area contributed by atoms with Crippen molar-refractivity contribution in [1.29, 1.82) is 0 Å². The molecule has 2 N–H and O–H groups in total. The summed E-state index contributed by atoms with van der Waals surface area (Å²) in [4.78, 5) is 0. The molecule has 0 atom stereocenters. The van der Waals surface area contributed by atoms with E-state index >= 15 is 0 Å². The van der Waals surface area contributed by atoms with Crippen LogP contribution in [0.5, 0.6) is 0 Å². The number of benzene rings is 2. The van der Waals surface area contributed by atoms with Gasteiger partial charge in [0.2, 0.25) is 0 Å². The Morgan fingerprint density at radius 3 is 2.40 bits per heavy atom. The number of anilines is 1.